The maximum atomic E-state index is 11.6. The molecule has 2 atom stereocenters. The van der Waals surface area contributed by atoms with E-state index < -0.39 is 23.1 Å². The lowest BCUT2D eigenvalue weighted by atomic mass is 10.1. The zero-order valence-corrected chi connectivity index (χ0v) is 17.2. The Labute approximate surface area is 173 Å². The molecule has 3 N–H and O–H groups in total. The summed E-state index contributed by atoms with van der Waals surface area (Å²) in [6, 6.07) is 3.33. The van der Waals surface area contributed by atoms with Crippen LogP contribution in [0.5, 0.6) is 5.75 Å². The number of carbonyl (C=O) groups excluding carboxylic acids is 5. The minimum absolute atomic E-state index is 0.0438. The summed E-state index contributed by atoms with van der Waals surface area (Å²) in [4.78, 5) is 64.5. The van der Waals surface area contributed by atoms with Gasteiger partial charge in [-0.05, 0) is 39.8 Å². The van der Waals surface area contributed by atoms with E-state index in [4.69, 9.17) is 10.5 Å². The number of nitrogens with two attached hydrogens (primary N) is 1. The molecule has 1 aromatic carbocycles. The third kappa shape index (κ3) is 11.4. The van der Waals surface area contributed by atoms with Gasteiger partial charge in [-0.2, -0.15) is 0 Å². The van der Waals surface area contributed by atoms with Crippen molar-refractivity contribution in [3.05, 3.63) is 34.4 Å². The highest BCUT2D eigenvalue weighted by Crippen LogP contribution is 2.17. The molecule has 0 spiro atoms. The van der Waals surface area contributed by atoms with Crippen LogP contribution in [0.1, 0.15) is 40.5 Å². The van der Waals surface area contributed by atoms with Crippen LogP contribution >= 0.6 is 0 Å². The van der Waals surface area contributed by atoms with E-state index in [2.05, 4.69) is 5.32 Å². The predicted molar refractivity (Wildman–Crippen MR) is 106 cm³/mol. The van der Waals surface area contributed by atoms with Crippen molar-refractivity contribution in [3.63, 3.8) is 0 Å². The fourth-order valence-electron chi connectivity index (χ4n) is 1.95. The molecule has 30 heavy (non-hydrogen) atoms. The number of ketones is 4. The third-order valence-electron chi connectivity index (χ3n) is 3.56. The molecule has 0 fully saturated rings. The second-order valence-corrected chi connectivity index (χ2v) is 6.48. The lowest BCUT2D eigenvalue weighted by Gasteiger charge is -2.14. The van der Waals surface area contributed by atoms with Crippen LogP contribution in [0.3, 0.4) is 0 Å². The number of rotatable bonds is 9. The van der Waals surface area contributed by atoms with E-state index >= 15 is 0 Å². The Bertz CT molecular complexity index is 805. The zero-order chi connectivity index (χ0) is 23.4. The van der Waals surface area contributed by atoms with Gasteiger partial charge in [0.25, 0.3) is 5.69 Å². The van der Waals surface area contributed by atoms with Gasteiger partial charge in [-0.15, -0.1) is 0 Å². The monoisotopic (exact) mass is 423 g/mol. The quantitative estimate of drug-likeness (QED) is 0.440. The Balaban J connectivity index is 0.000000787. The molecule has 11 heteroatoms. The number of ether oxygens (including phenoxy) is 1. The molecule has 0 radical (unpaired) electrons. The van der Waals surface area contributed by atoms with Crippen LogP contribution in [-0.4, -0.2) is 46.2 Å². The standard InChI is InChI=1S/C13H14N2O6.C6H11NO2/c1-8(16)7-12(9(2)17)14-13(18)21-11-5-3-10(4-6-11)15(19)20;1-4(8)3-6(7)5(2)9/h3-6,12H,7H2,1-2H3,(H,14,18);6H,3,7H2,1-2H3. The average molecular weight is 423 g/mol. The minimum atomic E-state index is -0.951. The summed E-state index contributed by atoms with van der Waals surface area (Å²) in [5, 5.41) is 12.7. The Morgan fingerprint density at radius 2 is 1.47 bits per heavy atom. The third-order valence-corrected chi connectivity index (χ3v) is 3.56. The lowest BCUT2D eigenvalue weighted by Crippen LogP contribution is -2.42. The van der Waals surface area contributed by atoms with E-state index in [1.165, 1.54) is 52.0 Å². The molecular weight excluding hydrogens is 398 g/mol. The number of nitrogens with one attached hydrogen (secondary N) is 1. The fraction of sp³-hybridized carbons (Fsp3) is 0.421. The number of Topliss-reactive ketones (excluding diaryl/α,β-unsaturated/α-hetero) is 4. The molecule has 11 nitrogen and oxygen atoms in total. The van der Waals surface area contributed by atoms with Crippen molar-refractivity contribution in [2.75, 3.05) is 0 Å². The normalized spacial score (nSPS) is 11.8. The van der Waals surface area contributed by atoms with E-state index in [1.807, 2.05) is 0 Å². The van der Waals surface area contributed by atoms with Crippen molar-refractivity contribution < 1.29 is 33.6 Å². The SMILES string of the molecule is CC(=O)CC(N)C(C)=O.CC(=O)CC(NC(=O)Oc1ccc([N+](=O)[O-])cc1)C(C)=O. The largest absolute Gasteiger partial charge is 0.413 e. The van der Waals surface area contributed by atoms with Gasteiger partial charge in [0, 0.05) is 25.0 Å². The molecule has 0 aromatic heterocycles. The highest BCUT2D eigenvalue weighted by Gasteiger charge is 2.20. The van der Waals surface area contributed by atoms with E-state index in [-0.39, 0.29) is 47.4 Å². The summed E-state index contributed by atoms with van der Waals surface area (Å²) < 4.78 is 4.88. The van der Waals surface area contributed by atoms with Crippen molar-refractivity contribution >= 4 is 34.9 Å². The van der Waals surface area contributed by atoms with Crippen LogP contribution in [0.25, 0.3) is 0 Å². The molecular formula is C19H25N3O8. The number of hydrogen-bond donors (Lipinski definition) is 2. The van der Waals surface area contributed by atoms with Crippen molar-refractivity contribution in [1.29, 1.82) is 0 Å². The maximum Gasteiger partial charge on any atom is 0.413 e. The summed E-state index contributed by atoms with van der Waals surface area (Å²) in [5.74, 6) is -0.706. The van der Waals surface area contributed by atoms with Gasteiger partial charge < -0.3 is 15.8 Å². The molecule has 0 saturated carbocycles. The predicted octanol–water partition coefficient (Wildman–Crippen LogP) is 1.50. The summed E-state index contributed by atoms with van der Waals surface area (Å²) in [5.41, 5.74) is 5.11. The van der Waals surface area contributed by atoms with Crippen molar-refractivity contribution in [2.24, 2.45) is 5.73 Å². The van der Waals surface area contributed by atoms with Gasteiger partial charge in [-0.1, -0.05) is 0 Å². The van der Waals surface area contributed by atoms with Crippen molar-refractivity contribution in [3.8, 4) is 5.75 Å². The van der Waals surface area contributed by atoms with Gasteiger partial charge in [0.05, 0.1) is 17.0 Å². The van der Waals surface area contributed by atoms with Crippen LogP contribution in [-0.2, 0) is 19.2 Å². The second kappa shape index (κ2) is 12.9. The van der Waals surface area contributed by atoms with Crippen LogP contribution < -0.4 is 15.8 Å². The minimum Gasteiger partial charge on any atom is -0.410 e. The van der Waals surface area contributed by atoms with Crippen LogP contribution in [0.2, 0.25) is 0 Å². The molecule has 0 aliphatic heterocycles. The molecule has 1 aromatic rings. The number of nitro groups is 1. The molecule has 0 aliphatic rings. The van der Waals surface area contributed by atoms with E-state index in [9.17, 15) is 34.1 Å². The topological polar surface area (TPSA) is 176 Å². The Kier molecular flexibility index (Phi) is 11.4. The zero-order valence-electron chi connectivity index (χ0n) is 17.2. The number of carbonyl (C=O) groups is 5. The van der Waals surface area contributed by atoms with Crippen LogP contribution in [0.4, 0.5) is 10.5 Å². The molecule has 164 valence electrons. The average Bonchev–Trinajstić information content (AvgIpc) is 2.61. The highest BCUT2D eigenvalue weighted by molar-refractivity contribution is 5.91. The van der Waals surface area contributed by atoms with E-state index in [0.717, 1.165) is 0 Å². The first-order chi connectivity index (χ1) is 13.8. The van der Waals surface area contributed by atoms with Crippen molar-refractivity contribution in [1.82, 2.24) is 5.32 Å². The van der Waals surface area contributed by atoms with Crippen LogP contribution in [0, 0.1) is 10.1 Å². The number of nitrogens with zero attached hydrogens (tertiary/aromatic N) is 1. The summed E-state index contributed by atoms with van der Waals surface area (Å²) in [7, 11) is 0. The fourth-order valence-corrected chi connectivity index (χ4v) is 1.95. The van der Waals surface area contributed by atoms with E-state index in [0.29, 0.717) is 0 Å². The highest BCUT2D eigenvalue weighted by atomic mass is 16.6. The number of benzene rings is 1. The van der Waals surface area contributed by atoms with Gasteiger partial charge in [0.2, 0.25) is 0 Å². The second-order valence-electron chi connectivity index (χ2n) is 6.48. The first-order valence-electron chi connectivity index (χ1n) is 8.81. The summed E-state index contributed by atoms with van der Waals surface area (Å²) in [6.45, 7) is 5.36. The molecule has 0 aliphatic carbocycles. The molecule has 0 saturated heterocycles. The Hall–Kier alpha value is -3.47. The first-order valence-corrected chi connectivity index (χ1v) is 8.81. The summed E-state index contributed by atoms with van der Waals surface area (Å²) >= 11 is 0. The van der Waals surface area contributed by atoms with Gasteiger partial charge in [0.15, 0.2) is 5.78 Å². The van der Waals surface area contributed by atoms with Crippen molar-refractivity contribution in [2.45, 2.75) is 52.6 Å². The van der Waals surface area contributed by atoms with Gasteiger partial charge in [-0.3, -0.25) is 29.3 Å². The molecule has 0 bridgehead atoms. The Morgan fingerprint density at radius 1 is 0.967 bits per heavy atom. The molecule has 1 amide bonds. The molecule has 2 unspecified atom stereocenters. The number of hydrogen-bond acceptors (Lipinski definition) is 9. The van der Waals surface area contributed by atoms with Crippen LogP contribution in [0.15, 0.2) is 24.3 Å². The number of amides is 1. The Morgan fingerprint density at radius 3 is 1.80 bits per heavy atom. The van der Waals surface area contributed by atoms with E-state index in [1.54, 1.807) is 0 Å². The smallest absolute Gasteiger partial charge is 0.410 e. The van der Waals surface area contributed by atoms with Gasteiger partial charge in [0.1, 0.15) is 23.1 Å². The first kappa shape index (κ1) is 26.5. The lowest BCUT2D eigenvalue weighted by molar-refractivity contribution is -0.384. The van der Waals surface area contributed by atoms with Gasteiger partial charge in [-0.25, -0.2) is 4.79 Å². The number of non-ortho nitro benzene ring substituents is 1. The van der Waals surface area contributed by atoms with Gasteiger partial charge >= 0.3 is 6.09 Å². The maximum absolute atomic E-state index is 11.6. The number of nitro benzene ring substituents is 1. The molecule has 0 heterocycles. The molecule has 1 rings (SSSR count). The summed E-state index contributed by atoms with van der Waals surface area (Å²) in [6.07, 6.45) is -0.870.